The topological polar surface area (TPSA) is 64.0 Å². The molecule has 0 saturated heterocycles. The van der Waals surface area contributed by atoms with E-state index < -0.39 is 17.5 Å². The average Bonchev–Trinajstić information content (AvgIpc) is 2.64. The Balaban J connectivity index is 1.69. The predicted octanol–water partition coefficient (Wildman–Crippen LogP) is 2.76. The van der Waals surface area contributed by atoms with E-state index in [4.69, 9.17) is 0 Å². The Bertz CT molecular complexity index is 1030. The molecule has 3 rings (SSSR count). The highest BCUT2D eigenvalue weighted by Crippen LogP contribution is 2.15. The van der Waals surface area contributed by atoms with Gasteiger partial charge in [0.05, 0.1) is 17.8 Å². The zero-order valence-electron chi connectivity index (χ0n) is 14.0. The molecule has 1 aromatic heterocycles. The smallest absolute Gasteiger partial charge is 0.266 e. The Hall–Kier alpha value is -3.42. The molecule has 1 N–H and O–H groups in total. The first-order chi connectivity index (χ1) is 12.9. The quantitative estimate of drug-likeness (QED) is 0.748. The molecule has 0 saturated carbocycles. The monoisotopic (exact) mass is 373 g/mol. The first-order valence-electron chi connectivity index (χ1n) is 8.01. The van der Waals surface area contributed by atoms with Crippen molar-refractivity contribution in [3.05, 3.63) is 88.0 Å². The second-order valence-corrected chi connectivity index (χ2v) is 5.67. The Labute approximate surface area is 152 Å². The van der Waals surface area contributed by atoms with Crippen LogP contribution in [-0.4, -0.2) is 22.2 Å². The molecule has 138 valence electrons. The zero-order valence-corrected chi connectivity index (χ0v) is 14.0. The van der Waals surface area contributed by atoms with Crippen LogP contribution in [0.3, 0.4) is 0 Å². The van der Waals surface area contributed by atoms with E-state index in [1.165, 1.54) is 36.4 Å². The fourth-order valence-electron chi connectivity index (χ4n) is 2.43. The van der Waals surface area contributed by atoms with E-state index in [2.05, 4.69) is 10.4 Å². The summed E-state index contributed by atoms with van der Waals surface area (Å²) in [5.41, 5.74) is 0.410. The standard InChI is InChI=1S/C19H14F3N3O2/c20-13-3-1-12(2-4-13)17-7-8-18(26)25(24-17)10-9-23-19(27)15-6-5-14(21)11-16(15)22/h1-8,11H,9-10H2,(H,23,27). The summed E-state index contributed by atoms with van der Waals surface area (Å²) in [6.07, 6.45) is 0. The lowest BCUT2D eigenvalue weighted by molar-refractivity contribution is 0.0947. The lowest BCUT2D eigenvalue weighted by atomic mass is 10.1. The molecule has 2 aromatic carbocycles. The van der Waals surface area contributed by atoms with Crippen molar-refractivity contribution in [2.24, 2.45) is 0 Å². The molecule has 8 heteroatoms. The lowest BCUT2D eigenvalue weighted by Gasteiger charge is -2.09. The van der Waals surface area contributed by atoms with Gasteiger partial charge in [-0.3, -0.25) is 9.59 Å². The number of hydrogen-bond donors (Lipinski definition) is 1. The van der Waals surface area contributed by atoms with E-state index >= 15 is 0 Å². The second-order valence-electron chi connectivity index (χ2n) is 5.67. The summed E-state index contributed by atoms with van der Waals surface area (Å²) in [5, 5.41) is 6.63. The first-order valence-corrected chi connectivity index (χ1v) is 8.01. The average molecular weight is 373 g/mol. The van der Waals surface area contributed by atoms with E-state index in [0.717, 1.165) is 16.8 Å². The summed E-state index contributed by atoms with van der Waals surface area (Å²) in [6.45, 7) is 0.0534. The van der Waals surface area contributed by atoms with Gasteiger partial charge >= 0.3 is 0 Å². The molecule has 0 radical (unpaired) electrons. The SMILES string of the molecule is O=C(NCCn1nc(-c2ccc(F)cc2)ccc1=O)c1ccc(F)cc1F. The van der Waals surface area contributed by atoms with Gasteiger partial charge in [0, 0.05) is 24.2 Å². The number of hydrogen-bond acceptors (Lipinski definition) is 3. The lowest BCUT2D eigenvalue weighted by Crippen LogP contribution is -2.32. The maximum atomic E-state index is 13.6. The van der Waals surface area contributed by atoms with Gasteiger partial charge in [-0.1, -0.05) is 0 Å². The maximum absolute atomic E-state index is 13.6. The number of benzene rings is 2. The molecule has 0 aliphatic carbocycles. The van der Waals surface area contributed by atoms with Gasteiger partial charge in [-0.15, -0.1) is 0 Å². The molecule has 1 amide bonds. The van der Waals surface area contributed by atoms with E-state index in [1.54, 1.807) is 0 Å². The molecule has 3 aromatic rings. The van der Waals surface area contributed by atoms with Crippen LogP contribution in [0.5, 0.6) is 0 Å². The van der Waals surface area contributed by atoms with Crippen molar-refractivity contribution in [2.45, 2.75) is 6.54 Å². The Morgan fingerprint density at radius 1 is 0.963 bits per heavy atom. The van der Waals surface area contributed by atoms with Crippen LogP contribution in [0.25, 0.3) is 11.3 Å². The minimum absolute atomic E-state index is 0.00935. The van der Waals surface area contributed by atoms with Crippen LogP contribution in [0, 0.1) is 17.5 Å². The summed E-state index contributed by atoms with van der Waals surface area (Å²) in [7, 11) is 0. The van der Waals surface area contributed by atoms with Crippen LogP contribution < -0.4 is 10.9 Å². The number of rotatable bonds is 5. The molecule has 0 atom stereocenters. The molecule has 0 aliphatic heterocycles. The van der Waals surface area contributed by atoms with Crippen molar-refractivity contribution >= 4 is 5.91 Å². The van der Waals surface area contributed by atoms with Crippen LogP contribution in [0.4, 0.5) is 13.2 Å². The van der Waals surface area contributed by atoms with Crippen LogP contribution in [0.15, 0.2) is 59.4 Å². The minimum Gasteiger partial charge on any atom is -0.350 e. The number of nitrogens with one attached hydrogen (secondary N) is 1. The Morgan fingerprint density at radius 3 is 2.37 bits per heavy atom. The van der Waals surface area contributed by atoms with Crippen molar-refractivity contribution < 1.29 is 18.0 Å². The van der Waals surface area contributed by atoms with Crippen molar-refractivity contribution in [1.29, 1.82) is 0 Å². The summed E-state index contributed by atoms with van der Waals surface area (Å²) in [6, 6.07) is 11.1. The highest BCUT2D eigenvalue weighted by atomic mass is 19.1. The van der Waals surface area contributed by atoms with Gasteiger partial charge in [-0.2, -0.15) is 5.10 Å². The predicted molar refractivity (Wildman–Crippen MR) is 92.6 cm³/mol. The van der Waals surface area contributed by atoms with Gasteiger partial charge in [0.25, 0.3) is 11.5 Å². The molecule has 1 heterocycles. The molecular weight excluding hydrogens is 359 g/mol. The number of aromatic nitrogens is 2. The second kappa shape index (κ2) is 7.86. The number of carbonyl (C=O) groups excluding carboxylic acids is 1. The third-order valence-electron chi connectivity index (χ3n) is 3.79. The van der Waals surface area contributed by atoms with E-state index in [0.29, 0.717) is 17.3 Å². The fraction of sp³-hybridized carbons (Fsp3) is 0.105. The van der Waals surface area contributed by atoms with E-state index in [-0.39, 0.29) is 30.0 Å². The molecular formula is C19H14F3N3O2. The van der Waals surface area contributed by atoms with Gasteiger partial charge in [0.1, 0.15) is 17.5 Å². The summed E-state index contributed by atoms with van der Waals surface area (Å²) in [4.78, 5) is 23.9. The fourth-order valence-corrected chi connectivity index (χ4v) is 2.43. The highest BCUT2D eigenvalue weighted by molar-refractivity contribution is 5.94. The molecule has 0 bridgehead atoms. The van der Waals surface area contributed by atoms with Crippen LogP contribution in [0.1, 0.15) is 10.4 Å². The van der Waals surface area contributed by atoms with Crippen molar-refractivity contribution in [1.82, 2.24) is 15.1 Å². The van der Waals surface area contributed by atoms with Crippen molar-refractivity contribution in [3.63, 3.8) is 0 Å². The van der Waals surface area contributed by atoms with Crippen LogP contribution >= 0.6 is 0 Å². The normalized spacial score (nSPS) is 10.6. The number of carbonyl (C=O) groups is 1. The van der Waals surface area contributed by atoms with Crippen molar-refractivity contribution in [3.8, 4) is 11.3 Å². The first kappa shape index (κ1) is 18.4. The Morgan fingerprint density at radius 2 is 1.67 bits per heavy atom. The minimum atomic E-state index is -0.971. The molecule has 5 nitrogen and oxygen atoms in total. The van der Waals surface area contributed by atoms with Crippen molar-refractivity contribution in [2.75, 3.05) is 6.54 Å². The third-order valence-corrected chi connectivity index (χ3v) is 3.79. The Kier molecular flexibility index (Phi) is 5.35. The highest BCUT2D eigenvalue weighted by Gasteiger charge is 2.12. The number of nitrogens with zero attached hydrogens (tertiary/aromatic N) is 2. The van der Waals surface area contributed by atoms with Gasteiger partial charge in [0.15, 0.2) is 0 Å². The molecule has 0 unspecified atom stereocenters. The van der Waals surface area contributed by atoms with E-state index in [9.17, 15) is 22.8 Å². The number of amides is 1. The summed E-state index contributed by atoms with van der Waals surface area (Å²) >= 11 is 0. The molecule has 0 fully saturated rings. The van der Waals surface area contributed by atoms with Gasteiger partial charge in [0.2, 0.25) is 0 Å². The van der Waals surface area contributed by atoms with Gasteiger partial charge in [-0.05, 0) is 42.5 Å². The van der Waals surface area contributed by atoms with Crippen LogP contribution in [-0.2, 0) is 6.54 Å². The summed E-state index contributed by atoms with van der Waals surface area (Å²) < 4.78 is 40.6. The molecule has 0 spiro atoms. The third kappa shape index (κ3) is 4.41. The molecule has 27 heavy (non-hydrogen) atoms. The van der Waals surface area contributed by atoms with Crippen LogP contribution in [0.2, 0.25) is 0 Å². The largest absolute Gasteiger partial charge is 0.350 e. The van der Waals surface area contributed by atoms with E-state index in [1.807, 2.05) is 0 Å². The maximum Gasteiger partial charge on any atom is 0.266 e. The van der Waals surface area contributed by atoms with Gasteiger partial charge < -0.3 is 5.32 Å². The summed E-state index contributed by atoms with van der Waals surface area (Å²) in [5.74, 6) is -2.86. The van der Waals surface area contributed by atoms with Gasteiger partial charge in [-0.25, -0.2) is 17.9 Å². The zero-order chi connectivity index (χ0) is 19.4. The number of halogens is 3. The molecule has 0 aliphatic rings.